The SMILES string of the molecule is CC(C)=CCC(CCCN(C)C)C(=O)O. The van der Waals surface area contributed by atoms with E-state index in [0.29, 0.717) is 6.42 Å². The van der Waals surface area contributed by atoms with Gasteiger partial charge in [-0.25, -0.2) is 0 Å². The summed E-state index contributed by atoms with van der Waals surface area (Å²) in [6.07, 6.45) is 4.37. The van der Waals surface area contributed by atoms with E-state index in [4.69, 9.17) is 5.11 Å². The largest absolute Gasteiger partial charge is 0.481 e. The first kappa shape index (κ1) is 14.2. The number of hydrogen-bond donors (Lipinski definition) is 1. The molecule has 0 rings (SSSR count). The van der Waals surface area contributed by atoms with E-state index in [-0.39, 0.29) is 5.92 Å². The molecule has 0 aliphatic rings. The van der Waals surface area contributed by atoms with Crippen LogP contribution in [0.4, 0.5) is 0 Å². The van der Waals surface area contributed by atoms with Gasteiger partial charge >= 0.3 is 5.97 Å². The van der Waals surface area contributed by atoms with E-state index in [0.717, 1.165) is 19.4 Å². The minimum Gasteiger partial charge on any atom is -0.481 e. The highest BCUT2D eigenvalue weighted by molar-refractivity contribution is 5.70. The second-order valence-electron chi connectivity index (χ2n) is 4.50. The predicted octanol–water partition coefficient (Wildman–Crippen LogP) is 2.39. The summed E-state index contributed by atoms with van der Waals surface area (Å²) >= 11 is 0. The Bertz CT molecular complexity index is 218. The smallest absolute Gasteiger partial charge is 0.306 e. The fourth-order valence-electron chi connectivity index (χ4n) is 1.37. The minimum atomic E-state index is -0.675. The van der Waals surface area contributed by atoms with Gasteiger partial charge in [-0.2, -0.15) is 0 Å². The van der Waals surface area contributed by atoms with Crippen molar-refractivity contribution in [3.8, 4) is 0 Å². The Kier molecular flexibility index (Phi) is 7.05. The zero-order chi connectivity index (χ0) is 11.8. The molecule has 0 spiro atoms. The normalized spacial score (nSPS) is 12.6. The third kappa shape index (κ3) is 8.18. The van der Waals surface area contributed by atoms with Gasteiger partial charge in [-0.1, -0.05) is 11.6 Å². The van der Waals surface area contributed by atoms with E-state index >= 15 is 0 Å². The first-order valence-electron chi connectivity index (χ1n) is 5.44. The van der Waals surface area contributed by atoms with E-state index in [1.54, 1.807) is 0 Å². The summed E-state index contributed by atoms with van der Waals surface area (Å²) in [7, 11) is 4.01. The van der Waals surface area contributed by atoms with Crippen molar-refractivity contribution < 1.29 is 9.90 Å². The van der Waals surface area contributed by atoms with Crippen LogP contribution in [0.2, 0.25) is 0 Å². The molecule has 1 N–H and O–H groups in total. The Morgan fingerprint density at radius 1 is 1.40 bits per heavy atom. The van der Waals surface area contributed by atoms with E-state index in [9.17, 15) is 4.79 Å². The Morgan fingerprint density at radius 2 is 2.00 bits per heavy atom. The van der Waals surface area contributed by atoms with Crippen molar-refractivity contribution in [3.05, 3.63) is 11.6 Å². The average molecular weight is 213 g/mol. The number of carboxylic acid groups (broad SMARTS) is 1. The Morgan fingerprint density at radius 3 is 2.40 bits per heavy atom. The third-order valence-corrected chi connectivity index (χ3v) is 2.32. The van der Waals surface area contributed by atoms with Crippen molar-refractivity contribution in [2.45, 2.75) is 33.1 Å². The topological polar surface area (TPSA) is 40.5 Å². The molecule has 1 unspecified atom stereocenters. The quantitative estimate of drug-likeness (QED) is 0.660. The second kappa shape index (κ2) is 7.46. The van der Waals surface area contributed by atoms with Crippen LogP contribution < -0.4 is 0 Å². The van der Waals surface area contributed by atoms with E-state index in [1.165, 1.54) is 5.57 Å². The molecule has 0 fully saturated rings. The fourth-order valence-corrected chi connectivity index (χ4v) is 1.37. The number of hydrogen-bond acceptors (Lipinski definition) is 2. The lowest BCUT2D eigenvalue weighted by Gasteiger charge is -2.13. The van der Waals surface area contributed by atoms with Crippen molar-refractivity contribution >= 4 is 5.97 Å². The molecule has 0 saturated heterocycles. The van der Waals surface area contributed by atoms with Gasteiger partial charge in [0.05, 0.1) is 5.92 Å². The summed E-state index contributed by atoms with van der Waals surface area (Å²) in [4.78, 5) is 13.0. The molecule has 1 atom stereocenters. The van der Waals surface area contributed by atoms with Gasteiger partial charge in [0.1, 0.15) is 0 Å². The molecule has 0 amide bonds. The second-order valence-corrected chi connectivity index (χ2v) is 4.50. The highest BCUT2D eigenvalue weighted by atomic mass is 16.4. The molecule has 0 saturated carbocycles. The van der Waals surface area contributed by atoms with Crippen LogP contribution in [-0.4, -0.2) is 36.6 Å². The van der Waals surface area contributed by atoms with Crippen molar-refractivity contribution in [1.29, 1.82) is 0 Å². The summed E-state index contributed by atoms with van der Waals surface area (Å²) in [6.45, 7) is 4.95. The van der Waals surface area contributed by atoms with Gasteiger partial charge in [0.25, 0.3) is 0 Å². The summed E-state index contributed by atoms with van der Waals surface area (Å²) in [5.41, 5.74) is 1.19. The minimum absolute atomic E-state index is 0.222. The van der Waals surface area contributed by atoms with Gasteiger partial charge in [-0.05, 0) is 53.8 Å². The monoisotopic (exact) mass is 213 g/mol. The van der Waals surface area contributed by atoms with E-state index in [1.807, 2.05) is 34.0 Å². The highest BCUT2D eigenvalue weighted by Crippen LogP contribution is 2.13. The molecular weight excluding hydrogens is 190 g/mol. The third-order valence-electron chi connectivity index (χ3n) is 2.32. The van der Waals surface area contributed by atoms with Crippen LogP contribution in [0.5, 0.6) is 0 Å². The van der Waals surface area contributed by atoms with Crippen LogP contribution in [-0.2, 0) is 4.79 Å². The summed E-state index contributed by atoms with van der Waals surface area (Å²) in [5.74, 6) is -0.897. The van der Waals surface area contributed by atoms with Crippen LogP contribution in [0, 0.1) is 5.92 Å². The van der Waals surface area contributed by atoms with Crippen molar-refractivity contribution in [2.75, 3.05) is 20.6 Å². The molecule has 0 aromatic heterocycles. The molecular formula is C12H23NO2. The number of carbonyl (C=O) groups is 1. The van der Waals surface area contributed by atoms with Crippen LogP contribution >= 0.6 is 0 Å². The number of allylic oxidation sites excluding steroid dienone is 2. The first-order valence-corrected chi connectivity index (χ1v) is 5.44. The average Bonchev–Trinajstić information content (AvgIpc) is 2.09. The van der Waals surface area contributed by atoms with Crippen LogP contribution in [0.25, 0.3) is 0 Å². The molecule has 88 valence electrons. The summed E-state index contributed by atoms with van der Waals surface area (Å²) in [6, 6.07) is 0. The van der Waals surface area contributed by atoms with Gasteiger partial charge < -0.3 is 10.0 Å². The van der Waals surface area contributed by atoms with Gasteiger partial charge in [0.15, 0.2) is 0 Å². The maximum atomic E-state index is 10.9. The van der Waals surface area contributed by atoms with Crippen molar-refractivity contribution in [3.63, 3.8) is 0 Å². The van der Waals surface area contributed by atoms with Crippen LogP contribution in [0.15, 0.2) is 11.6 Å². The Labute approximate surface area is 92.8 Å². The number of nitrogens with zero attached hydrogens (tertiary/aromatic N) is 1. The Balaban J connectivity index is 3.95. The number of carboxylic acids is 1. The zero-order valence-corrected chi connectivity index (χ0v) is 10.3. The summed E-state index contributed by atoms with van der Waals surface area (Å²) < 4.78 is 0. The van der Waals surface area contributed by atoms with Gasteiger partial charge in [-0.15, -0.1) is 0 Å². The van der Waals surface area contributed by atoms with Crippen LogP contribution in [0.1, 0.15) is 33.1 Å². The lowest BCUT2D eigenvalue weighted by Crippen LogP contribution is -2.17. The molecule has 0 heterocycles. The number of rotatable bonds is 7. The lowest BCUT2D eigenvalue weighted by molar-refractivity contribution is -0.141. The molecule has 0 aliphatic heterocycles. The summed E-state index contributed by atoms with van der Waals surface area (Å²) in [5, 5.41) is 9.01. The maximum Gasteiger partial charge on any atom is 0.306 e. The molecule has 3 heteroatoms. The number of aliphatic carboxylic acids is 1. The highest BCUT2D eigenvalue weighted by Gasteiger charge is 2.15. The zero-order valence-electron chi connectivity index (χ0n) is 10.3. The maximum absolute atomic E-state index is 10.9. The Hall–Kier alpha value is -0.830. The first-order chi connectivity index (χ1) is 6.93. The molecule has 0 aromatic rings. The molecule has 15 heavy (non-hydrogen) atoms. The molecule has 0 aliphatic carbocycles. The molecule has 3 nitrogen and oxygen atoms in total. The fraction of sp³-hybridized carbons (Fsp3) is 0.750. The van der Waals surface area contributed by atoms with Crippen LogP contribution in [0.3, 0.4) is 0 Å². The van der Waals surface area contributed by atoms with E-state index < -0.39 is 5.97 Å². The predicted molar refractivity (Wildman–Crippen MR) is 63.0 cm³/mol. The van der Waals surface area contributed by atoms with Gasteiger partial charge in [0, 0.05) is 0 Å². The van der Waals surface area contributed by atoms with Gasteiger partial charge in [-0.3, -0.25) is 4.79 Å². The van der Waals surface area contributed by atoms with Crippen molar-refractivity contribution in [2.24, 2.45) is 5.92 Å². The molecule has 0 aromatic carbocycles. The standard InChI is InChI=1S/C12H23NO2/c1-10(2)7-8-11(12(14)15)6-5-9-13(3)4/h7,11H,5-6,8-9H2,1-4H3,(H,14,15). The lowest BCUT2D eigenvalue weighted by atomic mass is 9.98. The van der Waals surface area contributed by atoms with E-state index in [2.05, 4.69) is 4.90 Å². The molecule has 0 bridgehead atoms. The van der Waals surface area contributed by atoms with Crippen molar-refractivity contribution in [1.82, 2.24) is 4.90 Å². The van der Waals surface area contributed by atoms with Gasteiger partial charge in [0.2, 0.25) is 0 Å². The molecule has 0 radical (unpaired) electrons.